The van der Waals surface area contributed by atoms with Crippen LogP contribution in [0.2, 0.25) is 0 Å². The van der Waals surface area contributed by atoms with Crippen molar-refractivity contribution < 1.29 is 4.79 Å². The molecule has 4 nitrogen and oxygen atoms in total. The molecule has 2 atom stereocenters. The van der Waals surface area contributed by atoms with Gasteiger partial charge in [0.05, 0.1) is 6.54 Å². The van der Waals surface area contributed by atoms with E-state index in [4.69, 9.17) is 0 Å². The van der Waals surface area contributed by atoms with Gasteiger partial charge in [-0.2, -0.15) is 0 Å². The first kappa shape index (κ1) is 22.9. The maximum Gasteiger partial charge on any atom is 0.236 e. The van der Waals surface area contributed by atoms with Crippen molar-refractivity contribution in [3.63, 3.8) is 0 Å². The Morgan fingerprint density at radius 3 is 2.50 bits per heavy atom. The molecule has 0 aliphatic carbocycles. The summed E-state index contributed by atoms with van der Waals surface area (Å²) in [6.07, 6.45) is 4.47. The van der Waals surface area contributed by atoms with E-state index in [-0.39, 0.29) is 11.3 Å². The minimum Gasteiger partial charge on any atom is -0.340 e. The number of carbonyl (C=O) groups is 1. The van der Waals surface area contributed by atoms with Gasteiger partial charge in [-0.05, 0) is 54.7 Å². The number of rotatable bonds is 10. The van der Waals surface area contributed by atoms with E-state index in [1.807, 2.05) is 4.90 Å². The highest BCUT2D eigenvalue weighted by molar-refractivity contribution is 5.78. The maximum absolute atomic E-state index is 11.8. The molecule has 1 aromatic carbocycles. The molecule has 0 radical (unpaired) electrons. The number of benzene rings is 1. The fourth-order valence-electron chi connectivity index (χ4n) is 4.00. The van der Waals surface area contributed by atoms with Gasteiger partial charge in [0, 0.05) is 25.7 Å². The minimum absolute atomic E-state index is 0.215. The van der Waals surface area contributed by atoms with Crippen LogP contribution in [0.1, 0.15) is 65.0 Å². The van der Waals surface area contributed by atoms with Crippen LogP contribution in [0.25, 0.3) is 0 Å². The third-order valence-corrected chi connectivity index (χ3v) is 5.95. The van der Waals surface area contributed by atoms with Crippen LogP contribution < -0.4 is 10.6 Å². The second-order valence-electron chi connectivity index (χ2n) is 9.36. The van der Waals surface area contributed by atoms with Crippen LogP contribution in [0.5, 0.6) is 0 Å². The molecule has 0 bridgehead atoms. The van der Waals surface area contributed by atoms with Crippen molar-refractivity contribution in [3.05, 3.63) is 35.4 Å². The lowest BCUT2D eigenvalue weighted by atomic mass is 9.85. The molecule has 2 N–H and O–H groups in total. The van der Waals surface area contributed by atoms with Crippen LogP contribution in [0.3, 0.4) is 0 Å². The molecule has 1 amide bonds. The van der Waals surface area contributed by atoms with E-state index in [1.165, 1.54) is 11.1 Å². The van der Waals surface area contributed by atoms with Crippen LogP contribution in [0, 0.1) is 5.92 Å². The van der Waals surface area contributed by atoms with Crippen LogP contribution in [-0.4, -0.2) is 49.6 Å². The summed E-state index contributed by atoms with van der Waals surface area (Å²) in [7, 11) is 0. The topological polar surface area (TPSA) is 44.4 Å². The lowest BCUT2D eigenvalue weighted by Crippen LogP contribution is -2.48. The van der Waals surface area contributed by atoms with Crippen molar-refractivity contribution in [1.29, 1.82) is 0 Å². The lowest BCUT2D eigenvalue weighted by Gasteiger charge is -2.28. The van der Waals surface area contributed by atoms with Gasteiger partial charge in [0.2, 0.25) is 5.91 Å². The van der Waals surface area contributed by atoms with Gasteiger partial charge in [-0.1, -0.05) is 58.9 Å². The quantitative estimate of drug-likeness (QED) is 0.601. The smallest absolute Gasteiger partial charge is 0.236 e. The zero-order valence-corrected chi connectivity index (χ0v) is 18.7. The maximum atomic E-state index is 11.8. The second-order valence-corrected chi connectivity index (χ2v) is 9.36. The number of amides is 1. The Morgan fingerprint density at radius 1 is 1.18 bits per heavy atom. The first-order chi connectivity index (χ1) is 13.3. The van der Waals surface area contributed by atoms with Crippen molar-refractivity contribution in [2.24, 2.45) is 5.92 Å². The Kier molecular flexibility index (Phi) is 8.97. The average molecular weight is 388 g/mol. The first-order valence-electron chi connectivity index (χ1n) is 11.1. The van der Waals surface area contributed by atoms with Crippen LogP contribution in [0.15, 0.2) is 24.3 Å². The molecule has 1 aliphatic rings. The number of nitrogens with one attached hydrogen (secondary N) is 2. The standard InChI is InChI=1S/C24H41N3O/c1-6-22(26-13-7-8-15-27-16-14-25-18-23(27)28)19(2)17-20-9-11-21(12-10-20)24(3,4)5/h9-12,19,22,25-26H,6-8,13-18H2,1-5H3. The van der Waals surface area contributed by atoms with E-state index in [9.17, 15) is 4.79 Å². The third kappa shape index (κ3) is 7.21. The van der Waals surface area contributed by atoms with E-state index in [0.29, 0.717) is 18.5 Å². The fourth-order valence-corrected chi connectivity index (χ4v) is 4.00. The molecule has 1 heterocycles. The van der Waals surface area contributed by atoms with Crippen LogP contribution in [-0.2, 0) is 16.6 Å². The van der Waals surface area contributed by atoms with Gasteiger partial charge in [-0.25, -0.2) is 0 Å². The molecule has 0 spiro atoms. The summed E-state index contributed by atoms with van der Waals surface area (Å²) in [5.41, 5.74) is 3.04. The molecular weight excluding hydrogens is 346 g/mol. The normalized spacial score (nSPS) is 17.6. The van der Waals surface area contributed by atoms with Crippen molar-refractivity contribution >= 4 is 5.91 Å². The van der Waals surface area contributed by atoms with Crippen molar-refractivity contribution in [3.8, 4) is 0 Å². The molecule has 1 aromatic rings. The average Bonchev–Trinajstić information content (AvgIpc) is 2.65. The lowest BCUT2D eigenvalue weighted by molar-refractivity contribution is -0.131. The molecule has 2 rings (SSSR count). The zero-order valence-electron chi connectivity index (χ0n) is 18.7. The Morgan fingerprint density at radius 2 is 1.89 bits per heavy atom. The predicted molar refractivity (Wildman–Crippen MR) is 119 cm³/mol. The molecule has 158 valence electrons. The Hall–Kier alpha value is -1.39. The second kappa shape index (κ2) is 11.0. The molecule has 2 unspecified atom stereocenters. The Bertz CT molecular complexity index is 591. The van der Waals surface area contributed by atoms with Gasteiger partial charge in [-0.15, -0.1) is 0 Å². The van der Waals surface area contributed by atoms with Gasteiger partial charge in [0.25, 0.3) is 0 Å². The number of hydrogen-bond donors (Lipinski definition) is 2. The summed E-state index contributed by atoms with van der Waals surface area (Å²) in [5.74, 6) is 0.858. The van der Waals surface area contributed by atoms with Gasteiger partial charge < -0.3 is 15.5 Å². The monoisotopic (exact) mass is 387 g/mol. The number of piperazine rings is 1. The summed E-state index contributed by atoms with van der Waals surface area (Å²) in [6, 6.07) is 9.72. The molecule has 28 heavy (non-hydrogen) atoms. The molecule has 1 fully saturated rings. The number of nitrogens with zero attached hydrogens (tertiary/aromatic N) is 1. The van der Waals surface area contributed by atoms with Gasteiger partial charge in [0.1, 0.15) is 0 Å². The predicted octanol–water partition coefficient (Wildman–Crippen LogP) is 3.74. The van der Waals surface area contributed by atoms with Crippen LogP contribution >= 0.6 is 0 Å². The summed E-state index contributed by atoms with van der Waals surface area (Å²) in [6.45, 7) is 15.6. The largest absolute Gasteiger partial charge is 0.340 e. The van der Waals surface area contributed by atoms with Gasteiger partial charge >= 0.3 is 0 Å². The van der Waals surface area contributed by atoms with Crippen LogP contribution in [0.4, 0.5) is 0 Å². The zero-order chi connectivity index (χ0) is 20.6. The summed E-state index contributed by atoms with van der Waals surface area (Å²) in [5, 5.41) is 6.89. The number of hydrogen-bond acceptors (Lipinski definition) is 3. The van der Waals surface area contributed by atoms with Gasteiger partial charge in [0.15, 0.2) is 0 Å². The van der Waals surface area contributed by atoms with E-state index >= 15 is 0 Å². The molecule has 4 heteroatoms. The number of carbonyl (C=O) groups excluding carboxylic acids is 1. The van der Waals surface area contributed by atoms with E-state index in [0.717, 1.165) is 51.9 Å². The molecule has 0 saturated carbocycles. The van der Waals surface area contributed by atoms with Crippen molar-refractivity contribution in [1.82, 2.24) is 15.5 Å². The SMILES string of the molecule is CCC(NCCCCN1CCNCC1=O)C(C)Cc1ccc(C(C)(C)C)cc1. The first-order valence-corrected chi connectivity index (χ1v) is 11.1. The Balaban J connectivity index is 1.70. The van der Waals surface area contributed by atoms with E-state index in [2.05, 4.69) is 69.5 Å². The molecule has 1 aliphatic heterocycles. The summed E-state index contributed by atoms with van der Waals surface area (Å²) < 4.78 is 0. The molecule has 0 aromatic heterocycles. The van der Waals surface area contributed by atoms with Gasteiger partial charge in [-0.3, -0.25) is 4.79 Å². The van der Waals surface area contributed by atoms with Crippen molar-refractivity contribution in [2.45, 2.75) is 71.8 Å². The van der Waals surface area contributed by atoms with E-state index in [1.54, 1.807) is 0 Å². The minimum atomic E-state index is 0.215. The molecular formula is C24H41N3O. The third-order valence-electron chi connectivity index (χ3n) is 5.95. The highest BCUT2D eigenvalue weighted by atomic mass is 16.2. The number of unbranched alkanes of at least 4 members (excludes halogenated alkanes) is 1. The highest BCUT2D eigenvalue weighted by Crippen LogP contribution is 2.23. The summed E-state index contributed by atoms with van der Waals surface area (Å²) >= 11 is 0. The Labute approximate surface area is 172 Å². The highest BCUT2D eigenvalue weighted by Gasteiger charge is 2.18. The summed E-state index contributed by atoms with van der Waals surface area (Å²) in [4.78, 5) is 13.8. The fraction of sp³-hybridized carbons (Fsp3) is 0.708. The molecule has 1 saturated heterocycles. The van der Waals surface area contributed by atoms with E-state index < -0.39 is 0 Å². The van der Waals surface area contributed by atoms with Crippen molar-refractivity contribution in [2.75, 3.05) is 32.7 Å².